The Morgan fingerprint density at radius 2 is 2.36 bits per heavy atom. The Bertz CT molecular complexity index is 331. The molecule has 0 aliphatic carbocycles. The van der Waals surface area contributed by atoms with Gasteiger partial charge in [0.2, 0.25) is 0 Å². The first-order valence-electron chi connectivity index (χ1n) is 4.47. The van der Waals surface area contributed by atoms with Crippen LogP contribution in [0.2, 0.25) is 0 Å². The number of carbonyl (C=O) groups excluding carboxylic acids is 1. The number of furan rings is 1. The minimum Gasteiger partial charge on any atom is -0.455 e. The van der Waals surface area contributed by atoms with Crippen molar-refractivity contribution < 1.29 is 13.9 Å². The molecule has 0 spiro atoms. The van der Waals surface area contributed by atoms with Gasteiger partial charge in [-0.1, -0.05) is 0 Å². The van der Waals surface area contributed by atoms with E-state index >= 15 is 0 Å². The molecule has 1 aromatic heterocycles. The standard InChI is InChI=1S/C9H12N2O3/c10-3-7-1-2-8(14-7)9(12)11-6-4-13-5-6/h1-2,6H,3-5,10H2,(H,11,12). The molecule has 1 aliphatic rings. The van der Waals surface area contributed by atoms with Gasteiger partial charge in [-0.15, -0.1) is 0 Å². The van der Waals surface area contributed by atoms with Gasteiger partial charge in [-0.05, 0) is 12.1 Å². The Morgan fingerprint density at radius 1 is 1.57 bits per heavy atom. The molecular weight excluding hydrogens is 184 g/mol. The Balaban J connectivity index is 1.95. The number of ether oxygens (including phenoxy) is 1. The van der Waals surface area contributed by atoms with Gasteiger partial charge in [-0.2, -0.15) is 0 Å². The summed E-state index contributed by atoms with van der Waals surface area (Å²) in [5, 5.41) is 2.77. The average Bonchev–Trinajstić information content (AvgIpc) is 2.59. The maximum atomic E-state index is 11.5. The molecule has 0 atom stereocenters. The molecule has 14 heavy (non-hydrogen) atoms. The van der Waals surface area contributed by atoms with Crippen LogP contribution in [0.15, 0.2) is 16.5 Å². The lowest BCUT2D eigenvalue weighted by Crippen LogP contribution is -2.48. The topological polar surface area (TPSA) is 77.5 Å². The first-order valence-corrected chi connectivity index (χ1v) is 4.47. The number of hydrogen-bond donors (Lipinski definition) is 2. The Morgan fingerprint density at radius 3 is 2.86 bits per heavy atom. The second-order valence-corrected chi connectivity index (χ2v) is 3.18. The third-order valence-electron chi connectivity index (χ3n) is 2.06. The van der Waals surface area contributed by atoms with Crippen LogP contribution in [0.25, 0.3) is 0 Å². The normalized spacial score (nSPS) is 16.4. The van der Waals surface area contributed by atoms with E-state index in [1.165, 1.54) is 0 Å². The van der Waals surface area contributed by atoms with Gasteiger partial charge < -0.3 is 20.2 Å². The van der Waals surface area contributed by atoms with Gasteiger partial charge in [0.15, 0.2) is 5.76 Å². The number of hydrogen-bond acceptors (Lipinski definition) is 4. The van der Waals surface area contributed by atoms with Gasteiger partial charge in [0.05, 0.1) is 25.8 Å². The van der Waals surface area contributed by atoms with E-state index in [1.807, 2.05) is 0 Å². The fourth-order valence-electron chi connectivity index (χ4n) is 1.19. The summed E-state index contributed by atoms with van der Waals surface area (Å²) < 4.78 is 10.1. The van der Waals surface area contributed by atoms with Crippen LogP contribution in [-0.2, 0) is 11.3 Å². The van der Waals surface area contributed by atoms with Gasteiger partial charge in [-0.3, -0.25) is 4.79 Å². The quantitative estimate of drug-likeness (QED) is 0.705. The van der Waals surface area contributed by atoms with Crippen LogP contribution >= 0.6 is 0 Å². The zero-order valence-electron chi connectivity index (χ0n) is 7.66. The molecular formula is C9H12N2O3. The highest BCUT2D eigenvalue weighted by molar-refractivity contribution is 5.91. The van der Waals surface area contributed by atoms with E-state index in [1.54, 1.807) is 12.1 Å². The fourth-order valence-corrected chi connectivity index (χ4v) is 1.19. The minimum absolute atomic E-state index is 0.119. The van der Waals surface area contributed by atoms with Crippen LogP contribution in [0.5, 0.6) is 0 Å². The first kappa shape index (κ1) is 9.23. The fraction of sp³-hybridized carbons (Fsp3) is 0.444. The third kappa shape index (κ3) is 1.78. The summed E-state index contributed by atoms with van der Waals surface area (Å²) in [7, 11) is 0. The van der Waals surface area contributed by atoms with E-state index in [2.05, 4.69) is 5.32 Å². The van der Waals surface area contributed by atoms with Crippen LogP contribution in [0.4, 0.5) is 0 Å². The molecule has 0 radical (unpaired) electrons. The molecule has 0 aromatic carbocycles. The van der Waals surface area contributed by atoms with E-state index < -0.39 is 0 Å². The molecule has 1 aromatic rings. The Kier molecular flexibility index (Phi) is 2.51. The van der Waals surface area contributed by atoms with Crippen molar-refractivity contribution in [2.75, 3.05) is 13.2 Å². The molecule has 1 aliphatic heterocycles. The van der Waals surface area contributed by atoms with E-state index in [4.69, 9.17) is 14.9 Å². The molecule has 2 rings (SSSR count). The maximum absolute atomic E-state index is 11.5. The summed E-state index contributed by atoms with van der Waals surface area (Å²) in [5.41, 5.74) is 5.36. The summed E-state index contributed by atoms with van der Waals surface area (Å²) in [6.07, 6.45) is 0. The largest absolute Gasteiger partial charge is 0.455 e. The molecule has 76 valence electrons. The highest BCUT2D eigenvalue weighted by Crippen LogP contribution is 2.08. The second kappa shape index (κ2) is 3.81. The van der Waals surface area contributed by atoms with Gasteiger partial charge in [0.25, 0.3) is 5.91 Å². The van der Waals surface area contributed by atoms with E-state index in [0.717, 1.165) is 0 Å². The SMILES string of the molecule is NCc1ccc(C(=O)NC2COC2)o1. The highest BCUT2D eigenvalue weighted by Gasteiger charge is 2.22. The van der Waals surface area contributed by atoms with Crippen molar-refractivity contribution >= 4 is 5.91 Å². The van der Waals surface area contributed by atoms with Crippen LogP contribution in [-0.4, -0.2) is 25.2 Å². The lowest BCUT2D eigenvalue weighted by Gasteiger charge is -2.26. The molecule has 5 heteroatoms. The van der Waals surface area contributed by atoms with Crippen LogP contribution in [0, 0.1) is 0 Å². The number of nitrogens with one attached hydrogen (secondary N) is 1. The number of amides is 1. The summed E-state index contributed by atoms with van der Waals surface area (Å²) >= 11 is 0. The van der Waals surface area contributed by atoms with E-state index in [0.29, 0.717) is 31.3 Å². The molecule has 0 bridgehead atoms. The van der Waals surface area contributed by atoms with Crippen molar-refractivity contribution in [3.8, 4) is 0 Å². The average molecular weight is 196 g/mol. The van der Waals surface area contributed by atoms with Crippen molar-refractivity contribution in [2.45, 2.75) is 12.6 Å². The third-order valence-corrected chi connectivity index (χ3v) is 2.06. The molecule has 0 unspecified atom stereocenters. The predicted molar refractivity (Wildman–Crippen MR) is 48.7 cm³/mol. The Hall–Kier alpha value is -1.33. The molecule has 0 saturated carbocycles. The lowest BCUT2D eigenvalue weighted by molar-refractivity contribution is -0.00391. The molecule has 1 fully saturated rings. The van der Waals surface area contributed by atoms with E-state index in [9.17, 15) is 4.79 Å². The minimum atomic E-state index is -0.210. The van der Waals surface area contributed by atoms with Crippen LogP contribution in [0.1, 0.15) is 16.3 Å². The number of carbonyl (C=O) groups is 1. The lowest BCUT2D eigenvalue weighted by atomic mass is 10.2. The Labute approximate surface area is 81.2 Å². The monoisotopic (exact) mass is 196 g/mol. The zero-order valence-corrected chi connectivity index (χ0v) is 7.66. The second-order valence-electron chi connectivity index (χ2n) is 3.18. The molecule has 1 saturated heterocycles. The summed E-state index contributed by atoms with van der Waals surface area (Å²) in [4.78, 5) is 11.5. The summed E-state index contributed by atoms with van der Waals surface area (Å²) in [5.74, 6) is 0.704. The predicted octanol–water partition coefficient (Wildman–Crippen LogP) is -0.133. The molecule has 3 N–H and O–H groups in total. The van der Waals surface area contributed by atoms with E-state index in [-0.39, 0.29) is 11.9 Å². The molecule has 1 amide bonds. The van der Waals surface area contributed by atoms with Gasteiger partial charge in [0.1, 0.15) is 5.76 Å². The number of nitrogens with two attached hydrogens (primary N) is 1. The molecule has 5 nitrogen and oxygen atoms in total. The summed E-state index contributed by atoms with van der Waals surface area (Å²) in [6.45, 7) is 1.46. The van der Waals surface area contributed by atoms with Gasteiger partial charge in [-0.25, -0.2) is 0 Å². The van der Waals surface area contributed by atoms with Crippen molar-refractivity contribution in [3.63, 3.8) is 0 Å². The zero-order chi connectivity index (χ0) is 9.97. The summed E-state index contributed by atoms with van der Waals surface area (Å²) in [6, 6.07) is 3.44. The maximum Gasteiger partial charge on any atom is 0.287 e. The number of rotatable bonds is 3. The first-order chi connectivity index (χ1) is 6.79. The van der Waals surface area contributed by atoms with Crippen LogP contribution < -0.4 is 11.1 Å². The van der Waals surface area contributed by atoms with Crippen molar-refractivity contribution in [1.82, 2.24) is 5.32 Å². The molecule has 2 heterocycles. The van der Waals surface area contributed by atoms with Gasteiger partial charge in [0, 0.05) is 0 Å². The van der Waals surface area contributed by atoms with Crippen molar-refractivity contribution in [3.05, 3.63) is 23.7 Å². The van der Waals surface area contributed by atoms with Crippen LogP contribution in [0.3, 0.4) is 0 Å². The van der Waals surface area contributed by atoms with Gasteiger partial charge >= 0.3 is 0 Å². The van der Waals surface area contributed by atoms with Crippen molar-refractivity contribution in [1.29, 1.82) is 0 Å². The highest BCUT2D eigenvalue weighted by atomic mass is 16.5. The smallest absolute Gasteiger partial charge is 0.287 e. The van der Waals surface area contributed by atoms with Crippen molar-refractivity contribution in [2.24, 2.45) is 5.73 Å².